The number of aliphatic hydroxyl groups is 2. The largest absolute Gasteiger partial charge is 0.480 e. The van der Waals surface area contributed by atoms with E-state index in [2.05, 4.69) is 10.6 Å². The van der Waals surface area contributed by atoms with Gasteiger partial charge in [-0.05, 0) is 18.6 Å². The lowest BCUT2D eigenvalue weighted by molar-refractivity contribution is -0.387. The molecule has 0 aliphatic heterocycles. The van der Waals surface area contributed by atoms with Crippen molar-refractivity contribution in [3.63, 3.8) is 0 Å². The zero-order valence-corrected chi connectivity index (χ0v) is 17.4. The van der Waals surface area contributed by atoms with Crippen molar-refractivity contribution < 1.29 is 39.4 Å². The number of aliphatic hydroxyl groups excluding tert-OH is 1. The van der Waals surface area contributed by atoms with Crippen LogP contribution in [0.25, 0.3) is 0 Å². The van der Waals surface area contributed by atoms with Crippen LogP contribution in [0.2, 0.25) is 0 Å². The van der Waals surface area contributed by atoms with Crippen LogP contribution >= 0.6 is 11.8 Å². The molecule has 0 aliphatic rings. The fourth-order valence-electron chi connectivity index (χ4n) is 2.28. The highest BCUT2D eigenvalue weighted by Crippen LogP contribution is 2.30. The normalized spacial score (nSPS) is 12.6. The molecule has 0 radical (unpaired) electrons. The summed E-state index contributed by atoms with van der Waals surface area (Å²) in [6.45, 7) is -0.535. The summed E-state index contributed by atoms with van der Waals surface area (Å²) in [7, 11) is 0. The molecule has 32 heavy (non-hydrogen) atoms. The van der Waals surface area contributed by atoms with Crippen LogP contribution in [0.15, 0.2) is 23.1 Å². The van der Waals surface area contributed by atoms with Crippen LogP contribution in [0, 0.1) is 10.1 Å². The van der Waals surface area contributed by atoms with Gasteiger partial charge < -0.3 is 37.4 Å². The molecule has 0 spiro atoms. The van der Waals surface area contributed by atoms with Crippen LogP contribution in [0.4, 0.5) is 5.69 Å². The zero-order valence-electron chi connectivity index (χ0n) is 16.6. The maximum absolute atomic E-state index is 12.3. The van der Waals surface area contributed by atoms with E-state index in [-0.39, 0.29) is 29.1 Å². The van der Waals surface area contributed by atoms with Crippen LogP contribution in [0.5, 0.6) is 0 Å². The number of primary amides is 1. The first kappa shape index (κ1) is 26.8. The summed E-state index contributed by atoms with van der Waals surface area (Å²) in [5, 5.41) is 42.4. The standard InChI is InChI=1S/C17H23N5O9S/c18-9(17(28)29)2-4-13(23)21-10(16(27)20-6-14(24)25)7-32-12-3-1-8(15(19)26)5-11(12)22(30)31/h1,3,5,9-10,14,24-25H,2,4,6-7,18H2,(H2,19,26)(H,20,27)(H,21,23)(H,28,29). The Morgan fingerprint density at radius 2 is 1.88 bits per heavy atom. The summed E-state index contributed by atoms with van der Waals surface area (Å²) < 4.78 is 0. The highest BCUT2D eigenvalue weighted by molar-refractivity contribution is 7.99. The fraction of sp³-hybridized carbons (Fsp3) is 0.412. The molecule has 0 fully saturated rings. The van der Waals surface area contributed by atoms with E-state index in [4.69, 9.17) is 26.8 Å². The van der Waals surface area contributed by atoms with Gasteiger partial charge in [0.05, 0.1) is 16.4 Å². The van der Waals surface area contributed by atoms with E-state index < -0.39 is 59.2 Å². The van der Waals surface area contributed by atoms with Crippen molar-refractivity contribution in [1.82, 2.24) is 10.6 Å². The van der Waals surface area contributed by atoms with Crippen molar-refractivity contribution in [2.45, 2.75) is 36.1 Å². The van der Waals surface area contributed by atoms with Gasteiger partial charge in [0, 0.05) is 23.8 Å². The second-order valence-electron chi connectivity index (χ2n) is 6.44. The quantitative estimate of drug-likeness (QED) is 0.0706. The molecule has 2 unspecified atom stereocenters. The number of carbonyl (C=O) groups is 4. The lowest BCUT2D eigenvalue weighted by Crippen LogP contribution is -2.50. The zero-order chi connectivity index (χ0) is 24.4. The average molecular weight is 473 g/mol. The number of hydrogen-bond acceptors (Lipinski definition) is 10. The second-order valence-corrected chi connectivity index (χ2v) is 7.51. The number of carboxylic acid groups (broad SMARTS) is 1. The van der Waals surface area contributed by atoms with Gasteiger partial charge in [-0.1, -0.05) is 0 Å². The molecule has 0 aliphatic carbocycles. The molecule has 2 atom stereocenters. The van der Waals surface area contributed by atoms with Crippen molar-refractivity contribution in [1.29, 1.82) is 0 Å². The minimum atomic E-state index is -1.85. The number of nitro groups is 1. The number of aliphatic carboxylic acids is 1. The van der Waals surface area contributed by atoms with E-state index in [0.29, 0.717) is 0 Å². The van der Waals surface area contributed by atoms with Crippen LogP contribution < -0.4 is 22.1 Å². The van der Waals surface area contributed by atoms with Crippen molar-refractivity contribution in [3.05, 3.63) is 33.9 Å². The molecule has 0 saturated carbocycles. The van der Waals surface area contributed by atoms with Gasteiger partial charge >= 0.3 is 5.97 Å². The van der Waals surface area contributed by atoms with Gasteiger partial charge in [-0.25, -0.2) is 0 Å². The molecule has 0 saturated heterocycles. The Morgan fingerprint density at radius 1 is 1.22 bits per heavy atom. The number of hydrogen-bond donors (Lipinski definition) is 7. The lowest BCUT2D eigenvalue weighted by atomic mass is 10.1. The number of nitrogens with one attached hydrogen (secondary N) is 2. The summed E-state index contributed by atoms with van der Waals surface area (Å²) in [6.07, 6.45) is -2.35. The van der Waals surface area contributed by atoms with Gasteiger partial charge in [0.1, 0.15) is 12.1 Å². The molecule has 0 heterocycles. The molecular formula is C17H23N5O9S. The van der Waals surface area contributed by atoms with Crippen molar-refractivity contribution >= 4 is 41.1 Å². The van der Waals surface area contributed by atoms with E-state index in [0.717, 1.165) is 17.8 Å². The van der Waals surface area contributed by atoms with Crippen molar-refractivity contribution in [2.75, 3.05) is 12.3 Å². The third kappa shape index (κ3) is 8.84. The maximum Gasteiger partial charge on any atom is 0.320 e. The summed E-state index contributed by atoms with van der Waals surface area (Å²) >= 11 is 0.825. The first-order valence-corrected chi connectivity index (χ1v) is 10.0. The van der Waals surface area contributed by atoms with E-state index in [1.165, 1.54) is 12.1 Å². The van der Waals surface area contributed by atoms with Gasteiger partial charge in [0.15, 0.2) is 6.29 Å². The first-order chi connectivity index (χ1) is 14.9. The molecule has 1 aromatic rings. The van der Waals surface area contributed by atoms with Gasteiger partial charge in [-0.15, -0.1) is 11.8 Å². The number of carboxylic acids is 1. The van der Waals surface area contributed by atoms with Crippen molar-refractivity contribution in [2.24, 2.45) is 11.5 Å². The third-order valence-corrected chi connectivity index (χ3v) is 5.11. The Bertz CT molecular complexity index is 880. The molecule has 0 aromatic heterocycles. The molecule has 9 N–H and O–H groups in total. The van der Waals surface area contributed by atoms with Crippen LogP contribution in [0.3, 0.4) is 0 Å². The Balaban J connectivity index is 2.95. The maximum atomic E-state index is 12.3. The molecule has 1 rings (SSSR count). The molecular weight excluding hydrogens is 450 g/mol. The van der Waals surface area contributed by atoms with E-state index in [1.807, 2.05) is 0 Å². The molecule has 3 amide bonds. The highest BCUT2D eigenvalue weighted by Gasteiger charge is 2.25. The number of rotatable bonds is 13. The van der Waals surface area contributed by atoms with Crippen molar-refractivity contribution in [3.8, 4) is 0 Å². The summed E-state index contributed by atoms with van der Waals surface area (Å²) in [6, 6.07) is 0.971. The highest BCUT2D eigenvalue weighted by atomic mass is 32.2. The van der Waals surface area contributed by atoms with Crippen LogP contribution in [0.1, 0.15) is 23.2 Å². The van der Waals surface area contributed by atoms with E-state index in [1.54, 1.807) is 0 Å². The fourth-order valence-corrected chi connectivity index (χ4v) is 3.31. The molecule has 176 valence electrons. The number of amides is 3. The second kappa shape index (κ2) is 12.6. The van der Waals surface area contributed by atoms with Crippen LogP contribution in [-0.4, -0.2) is 74.6 Å². The SMILES string of the molecule is NC(=O)c1ccc(SCC(NC(=O)CCC(N)C(=O)O)C(=O)NCC(O)O)c([N+](=O)[O-])c1. The number of carbonyl (C=O) groups excluding carboxylic acids is 3. The number of nitrogens with two attached hydrogens (primary N) is 2. The third-order valence-electron chi connectivity index (χ3n) is 3.96. The van der Waals surface area contributed by atoms with Gasteiger partial charge in [0.2, 0.25) is 17.7 Å². The molecule has 14 nitrogen and oxygen atoms in total. The summed E-state index contributed by atoms with van der Waals surface area (Å²) in [4.78, 5) is 57.1. The first-order valence-electron chi connectivity index (χ1n) is 9.05. The molecule has 0 bridgehead atoms. The van der Waals surface area contributed by atoms with Gasteiger partial charge in [-0.3, -0.25) is 29.3 Å². The number of benzene rings is 1. The Hall–Kier alpha value is -3.27. The summed E-state index contributed by atoms with van der Waals surface area (Å²) in [5.41, 5.74) is 9.93. The Morgan fingerprint density at radius 3 is 2.41 bits per heavy atom. The smallest absolute Gasteiger partial charge is 0.320 e. The summed E-state index contributed by atoms with van der Waals surface area (Å²) in [5.74, 6) is -3.88. The Kier molecular flexibility index (Phi) is 10.5. The Labute approximate surface area is 185 Å². The number of nitro benzene ring substituents is 1. The minimum Gasteiger partial charge on any atom is -0.480 e. The molecule has 15 heteroatoms. The number of thioether (sulfide) groups is 1. The monoisotopic (exact) mass is 473 g/mol. The molecule has 1 aromatic carbocycles. The average Bonchev–Trinajstić information content (AvgIpc) is 2.72. The minimum absolute atomic E-state index is 0.0853. The van der Waals surface area contributed by atoms with Gasteiger partial charge in [0.25, 0.3) is 5.69 Å². The number of nitrogens with zero attached hydrogens (tertiary/aromatic N) is 1. The van der Waals surface area contributed by atoms with Crippen LogP contribution in [-0.2, 0) is 14.4 Å². The lowest BCUT2D eigenvalue weighted by Gasteiger charge is -2.19. The topological polar surface area (TPSA) is 248 Å². The predicted molar refractivity (Wildman–Crippen MR) is 110 cm³/mol. The predicted octanol–water partition coefficient (Wildman–Crippen LogP) is -2.11. The van der Waals surface area contributed by atoms with E-state index >= 15 is 0 Å². The van der Waals surface area contributed by atoms with Gasteiger partial charge in [-0.2, -0.15) is 0 Å². The van der Waals surface area contributed by atoms with E-state index in [9.17, 15) is 29.3 Å².